The van der Waals surface area contributed by atoms with E-state index in [4.69, 9.17) is 10.5 Å². The van der Waals surface area contributed by atoms with E-state index in [1.165, 1.54) is 6.92 Å². The van der Waals surface area contributed by atoms with Crippen molar-refractivity contribution in [2.75, 3.05) is 11.9 Å². The van der Waals surface area contributed by atoms with Crippen molar-refractivity contribution < 1.29 is 14.3 Å². The smallest absolute Gasteiger partial charge is 0.407 e. The largest absolute Gasteiger partial charge is 0.444 e. The van der Waals surface area contributed by atoms with Crippen molar-refractivity contribution in [2.24, 2.45) is 5.73 Å². The molecule has 1 aromatic rings. The lowest BCUT2D eigenvalue weighted by atomic mass is 10.1. The lowest BCUT2D eigenvalue weighted by molar-refractivity contribution is -0.114. The number of carbonyl (C=O) groups excluding carboxylic acids is 2. The number of nitrogens with two attached hydrogens (primary N) is 1. The van der Waals surface area contributed by atoms with Gasteiger partial charge >= 0.3 is 6.09 Å². The van der Waals surface area contributed by atoms with Crippen LogP contribution in [0.1, 0.15) is 39.3 Å². The number of alkyl carbamates (subject to hydrolysis) is 1. The third kappa shape index (κ3) is 6.76. The SMILES string of the molecule is CC(=O)Nc1cccc(C(N)CNC(=O)OC(C)(C)C)c1. The van der Waals surface area contributed by atoms with Crippen molar-refractivity contribution in [1.82, 2.24) is 5.32 Å². The van der Waals surface area contributed by atoms with Gasteiger partial charge in [0.2, 0.25) is 5.91 Å². The fourth-order valence-electron chi connectivity index (χ4n) is 1.68. The van der Waals surface area contributed by atoms with Gasteiger partial charge in [0.15, 0.2) is 0 Å². The van der Waals surface area contributed by atoms with E-state index in [9.17, 15) is 9.59 Å². The first-order valence-electron chi connectivity index (χ1n) is 6.77. The number of ether oxygens (including phenoxy) is 1. The Hall–Kier alpha value is -2.08. The molecule has 1 rings (SSSR count). The molecular formula is C15H23N3O3. The fourth-order valence-corrected chi connectivity index (χ4v) is 1.68. The van der Waals surface area contributed by atoms with Gasteiger partial charge in [-0.1, -0.05) is 12.1 Å². The minimum atomic E-state index is -0.542. The van der Waals surface area contributed by atoms with E-state index in [0.717, 1.165) is 5.56 Å². The Labute approximate surface area is 125 Å². The number of nitrogens with one attached hydrogen (secondary N) is 2. The zero-order valence-corrected chi connectivity index (χ0v) is 12.9. The maximum atomic E-state index is 11.6. The molecule has 0 aliphatic carbocycles. The van der Waals surface area contributed by atoms with Gasteiger partial charge in [0.05, 0.1) is 0 Å². The summed E-state index contributed by atoms with van der Waals surface area (Å²) in [4.78, 5) is 22.6. The third-order valence-electron chi connectivity index (χ3n) is 2.50. The Balaban J connectivity index is 2.57. The molecule has 0 saturated heterocycles. The molecule has 116 valence electrons. The monoisotopic (exact) mass is 293 g/mol. The summed E-state index contributed by atoms with van der Waals surface area (Å²) in [5, 5.41) is 5.31. The highest BCUT2D eigenvalue weighted by molar-refractivity contribution is 5.88. The van der Waals surface area contributed by atoms with Crippen LogP contribution in [0.3, 0.4) is 0 Å². The summed E-state index contributed by atoms with van der Waals surface area (Å²) in [6.45, 7) is 7.07. The van der Waals surface area contributed by atoms with Crippen LogP contribution in [0.15, 0.2) is 24.3 Å². The predicted octanol–water partition coefficient (Wildman–Crippen LogP) is 2.17. The van der Waals surface area contributed by atoms with Crippen LogP contribution in [0.2, 0.25) is 0 Å². The van der Waals surface area contributed by atoms with E-state index >= 15 is 0 Å². The first-order valence-corrected chi connectivity index (χ1v) is 6.77. The van der Waals surface area contributed by atoms with E-state index in [-0.39, 0.29) is 18.5 Å². The van der Waals surface area contributed by atoms with Crippen LogP contribution in [-0.4, -0.2) is 24.1 Å². The molecule has 4 N–H and O–H groups in total. The fraction of sp³-hybridized carbons (Fsp3) is 0.467. The summed E-state index contributed by atoms with van der Waals surface area (Å²) in [6, 6.07) is 6.81. The molecular weight excluding hydrogens is 270 g/mol. The van der Waals surface area contributed by atoms with Crippen LogP contribution in [0.4, 0.5) is 10.5 Å². The number of benzene rings is 1. The van der Waals surface area contributed by atoms with Crippen LogP contribution in [0, 0.1) is 0 Å². The maximum absolute atomic E-state index is 11.6. The minimum Gasteiger partial charge on any atom is -0.444 e. The summed E-state index contributed by atoms with van der Waals surface area (Å²) < 4.78 is 5.14. The van der Waals surface area contributed by atoms with Gasteiger partial charge in [-0.25, -0.2) is 4.79 Å². The molecule has 0 fully saturated rings. The highest BCUT2D eigenvalue weighted by Gasteiger charge is 2.17. The Morgan fingerprint density at radius 2 is 2.00 bits per heavy atom. The molecule has 0 radical (unpaired) electrons. The van der Waals surface area contributed by atoms with Gasteiger partial charge in [-0.15, -0.1) is 0 Å². The Bertz CT molecular complexity index is 509. The third-order valence-corrected chi connectivity index (χ3v) is 2.50. The molecule has 0 saturated carbocycles. The van der Waals surface area contributed by atoms with Gasteiger partial charge in [0.1, 0.15) is 5.60 Å². The average Bonchev–Trinajstić information content (AvgIpc) is 2.33. The van der Waals surface area contributed by atoms with Crippen LogP contribution in [0.5, 0.6) is 0 Å². The molecule has 0 spiro atoms. The minimum absolute atomic E-state index is 0.146. The Kier molecular flexibility index (Phi) is 5.72. The highest BCUT2D eigenvalue weighted by Crippen LogP contribution is 2.16. The zero-order valence-electron chi connectivity index (χ0n) is 12.9. The number of anilines is 1. The second-order valence-corrected chi connectivity index (χ2v) is 5.80. The molecule has 0 aliphatic heterocycles. The van der Waals surface area contributed by atoms with Crippen molar-refractivity contribution in [3.05, 3.63) is 29.8 Å². The molecule has 6 nitrogen and oxygen atoms in total. The molecule has 21 heavy (non-hydrogen) atoms. The zero-order chi connectivity index (χ0) is 16.0. The molecule has 1 unspecified atom stereocenters. The molecule has 1 aromatic carbocycles. The van der Waals surface area contributed by atoms with E-state index in [1.54, 1.807) is 39.0 Å². The van der Waals surface area contributed by atoms with Crippen molar-refractivity contribution in [3.8, 4) is 0 Å². The van der Waals surface area contributed by atoms with Gasteiger partial charge < -0.3 is 21.1 Å². The molecule has 0 heterocycles. The second kappa shape index (κ2) is 7.08. The quantitative estimate of drug-likeness (QED) is 0.793. The molecule has 1 atom stereocenters. The molecule has 6 heteroatoms. The van der Waals surface area contributed by atoms with Gasteiger partial charge in [-0.2, -0.15) is 0 Å². The van der Waals surface area contributed by atoms with Crippen LogP contribution in [0.25, 0.3) is 0 Å². The summed E-state index contributed by atoms with van der Waals surface area (Å²) in [6.07, 6.45) is -0.504. The van der Waals surface area contributed by atoms with E-state index < -0.39 is 11.7 Å². The number of hydrogen-bond acceptors (Lipinski definition) is 4. The van der Waals surface area contributed by atoms with Gasteiger partial charge in [0.25, 0.3) is 0 Å². The standard InChI is InChI=1S/C15H23N3O3/c1-10(19)18-12-7-5-6-11(8-12)13(16)9-17-14(20)21-15(2,3)4/h5-8,13H,9,16H2,1-4H3,(H,17,20)(H,18,19). The summed E-state index contributed by atoms with van der Waals surface area (Å²) in [5.74, 6) is -0.146. The predicted molar refractivity (Wildman–Crippen MR) is 81.9 cm³/mol. The Morgan fingerprint density at radius 1 is 1.33 bits per heavy atom. The van der Waals surface area contributed by atoms with Crippen LogP contribution < -0.4 is 16.4 Å². The molecule has 2 amide bonds. The molecule has 0 aliphatic rings. The van der Waals surface area contributed by atoms with Gasteiger partial charge in [0, 0.05) is 25.2 Å². The van der Waals surface area contributed by atoms with Crippen molar-refractivity contribution >= 4 is 17.7 Å². The van der Waals surface area contributed by atoms with Crippen LogP contribution in [-0.2, 0) is 9.53 Å². The van der Waals surface area contributed by atoms with E-state index in [2.05, 4.69) is 10.6 Å². The van der Waals surface area contributed by atoms with Gasteiger partial charge in [-0.3, -0.25) is 4.79 Å². The normalized spacial score (nSPS) is 12.4. The van der Waals surface area contributed by atoms with Crippen molar-refractivity contribution in [2.45, 2.75) is 39.3 Å². The van der Waals surface area contributed by atoms with Gasteiger partial charge in [-0.05, 0) is 38.5 Å². The summed E-state index contributed by atoms with van der Waals surface area (Å²) >= 11 is 0. The number of carbonyl (C=O) groups is 2. The number of hydrogen-bond donors (Lipinski definition) is 3. The van der Waals surface area contributed by atoms with Crippen LogP contribution >= 0.6 is 0 Å². The lowest BCUT2D eigenvalue weighted by Gasteiger charge is -2.21. The Morgan fingerprint density at radius 3 is 2.57 bits per heavy atom. The first kappa shape index (κ1) is 17.0. The molecule has 0 aromatic heterocycles. The summed E-state index contributed by atoms with van der Waals surface area (Å²) in [7, 11) is 0. The van der Waals surface area contributed by atoms with Crippen molar-refractivity contribution in [3.63, 3.8) is 0 Å². The summed E-state index contributed by atoms with van der Waals surface area (Å²) in [5.41, 5.74) is 6.97. The maximum Gasteiger partial charge on any atom is 0.407 e. The second-order valence-electron chi connectivity index (χ2n) is 5.80. The van der Waals surface area contributed by atoms with E-state index in [0.29, 0.717) is 5.69 Å². The van der Waals surface area contributed by atoms with E-state index in [1.807, 2.05) is 6.07 Å². The van der Waals surface area contributed by atoms with Crippen molar-refractivity contribution in [1.29, 1.82) is 0 Å². The lowest BCUT2D eigenvalue weighted by Crippen LogP contribution is -2.36. The number of rotatable bonds is 4. The average molecular weight is 293 g/mol. The molecule has 0 bridgehead atoms. The topological polar surface area (TPSA) is 93.5 Å². The first-order chi connectivity index (χ1) is 9.67. The number of amides is 2. The highest BCUT2D eigenvalue weighted by atomic mass is 16.6.